The number of benzene rings is 1. The lowest BCUT2D eigenvalue weighted by Gasteiger charge is -2.13. The number of aromatic nitrogens is 2. The minimum atomic E-state index is -0.520. The number of ether oxygens (including phenoxy) is 1. The lowest BCUT2D eigenvalue weighted by Crippen LogP contribution is -2.04. The minimum absolute atomic E-state index is 0.520. The molecule has 92 valence electrons. The van der Waals surface area contributed by atoms with Crippen molar-refractivity contribution in [3.05, 3.63) is 46.5 Å². The van der Waals surface area contributed by atoms with E-state index in [2.05, 4.69) is 16.0 Å². The molecule has 1 atom stereocenters. The molecule has 4 nitrogen and oxygen atoms in total. The largest absolute Gasteiger partial charge is 0.496 e. The van der Waals surface area contributed by atoms with Gasteiger partial charge in [0.1, 0.15) is 17.5 Å². The second kappa shape index (κ2) is 5.11. The molecule has 0 fully saturated rings. The summed E-state index contributed by atoms with van der Waals surface area (Å²) in [5.74, 6) is 0.698. The Labute approximate surface area is 110 Å². The van der Waals surface area contributed by atoms with E-state index in [9.17, 15) is 5.26 Å². The van der Waals surface area contributed by atoms with Gasteiger partial charge >= 0.3 is 0 Å². The molecule has 0 aliphatic rings. The summed E-state index contributed by atoms with van der Waals surface area (Å²) in [6.07, 6.45) is 3.30. The summed E-state index contributed by atoms with van der Waals surface area (Å²) in [6, 6.07) is 5.79. The summed E-state index contributed by atoms with van der Waals surface area (Å²) in [7, 11) is 1.57. The highest BCUT2D eigenvalue weighted by Crippen LogP contribution is 2.34. The molecule has 0 saturated heterocycles. The number of hydrogen-bond acceptors (Lipinski definition) is 3. The van der Waals surface area contributed by atoms with Crippen LogP contribution in [0.5, 0.6) is 5.75 Å². The van der Waals surface area contributed by atoms with E-state index in [0.29, 0.717) is 22.2 Å². The van der Waals surface area contributed by atoms with Gasteiger partial charge in [0, 0.05) is 23.0 Å². The first-order chi connectivity index (χ1) is 8.67. The maximum atomic E-state index is 9.32. The van der Waals surface area contributed by atoms with Gasteiger partial charge < -0.3 is 9.72 Å². The summed E-state index contributed by atoms with van der Waals surface area (Å²) in [6.45, 7) is 1.89. The molecule has 0 radical (unpaired) electrons. The molecule has 1 aromatic carbocycles. The SMILES string of the molecule is COc1cc(C)c(Cl)cc1C(C#N)c1ncc[nH]1. The second-order valence-corrected chi connectivity index (χ2v) is 4.29. The predicted octanol–water partition coefficient (Wildman–Crippen LogP) is 3.04. The molecule has 0 amide bonds. The quantitative estimate of drug-likeness (QED) is 0.924. The van der Waals surface area contributed by atoms with Gasteiger partial charge in [-0.2, -0.15) is 5.26 Å². The zero-order valence-corrected chi connectivity index (χ0v) is 10.8. The van der Waals surface area contributed by atoms with E-state index in [0.717, 1.165) is 5.56 Å². The average molecular weight is 262 g/mol. The summed E-state index contributed by atoms with van der Waals surface area (Å²) >= 11 is 6.11. The third-order valence-corrected chi connectivity index (χ3v) is 3.15. The van der Waals surface area contributed by atoms with Crippen molar-refractivity contribution in [2.75, 3.05) is 7.11 Å². The van der Waals surface area contributed by atoms with Crippen LogP contribution in [-0.4, -0.2) is 17.1 Å². The van der Waals surface area contributed by atoms with Crippen LogP contribution in [0.3, 0.4) is 0 Å². The van der Waals surface area contributed by atoms with Gasteiger partial charge in [-0.1, -0.05) is 11.6 Å². The monoisotopic (exact) mass is 261 g/mol. The van der Waals surface area contributed by atoms with Crippen molar-refractivity contribution < 1.29 is 4.74 Å². The normalized spacial score (nSPS) is 11.9. The molecule has 1 aromatic heterocycles. The van der Waals surface area contributed by atoms with Crippen molar-refractivity contribution in [2.45, 2.75) is 12.8 Å². The molecular formula is C13H12ClN3O. The van der Waals surface area contributed by atoms with Crippen LogP contribution in [-0.2, 0) is 0 Å². The number of aryl methyl sites for hydroxylation is 1. The molecule has 0 aliphatic heterocycles. The molecule has 2 aromatic rings. The van der Waals surface area contributed by atoms with E-state index in [1.807, 2.05) is 13.0 Å². The Kier molecular flexibility index (Phi) is 3.54. The molecular weight excluding hydrogens is 250 g/mol. The van der Waals surface area contributed by atoms with E-state index in [1.54, 1.807) is 25.6 Å². The number of halogens is 1. The first kappa shape index (κ1) is 12.5. The Bertz CT molecular complexity index is 587. The number of nitrogens with zero attached hydrogens (tertiary/aromatic N) is 2. The van der Waals surface area contributed by atoms with E-state index in [4.69, 9.17) is 16.3 Å². The number of imidazole rings is 1. The first-order valence-electron chi connectivity index (χ1n) is 5.40. The van der Waals surface area contributed by atoms with Crippen molar-refractivity contribution in [2.24, 2.45) is 0 Å². The zero-order chi connectivity index (χ0) is 13.1. The van der Waals surface area contributed by atoms with Gasteiger partial charge in [-0.25, -0.2) is 4.98 Å². The van der Waals surface area contributed by atoms with Crippen molar-refractivity contribution in [1.82, 2.24) is 9.97 Å². The van der Waals surface area contributed by atoms with E-state index in [1.165, 1.54) is 0 Å². The van der Waals surface area contributed by atoms with Crippen LogP contribution >= 0.6 is 11.6 Å². The van der Waals surface area contributed by atoms with Crippen LogP contribution in [0.2, 0.25) is 5.02 Å². The summed E-state index contributed by atoms with van der Waals surface area (Å²) in [4.78, 5) is 7.05. The Hall–Kier alpha value is -1.99. The summed E-state index contributed by atoms with van der Waals surface area (Å²) in [5, 5.41) is 9.93. The van der Waals surface area contributed by atoms with Gasteiger partial charge in [-0.05, 0) is 24.6 Å². The summed E-state index contributed by atoms with van der Waals surface area (Å²) in [5.41, 5.74) is 1.62. The van der Waals surface area contributed by atoms with Crippen LogP contribution in [0.25, 0.3) is 0 Å². The van der Waals surface area contributed by atoms with Gasteiger partial charge in [-0.15, -0.1) is 0 Å². The van der Waals surface area contributed by atoms with Gasteiger partial charge in [-0.3, -0.25) is 0 Å². The van der Waals surface area contributed by atoms with Crippen molar-refractivity contribution >= 4 is 11.6 Å². The average Bonchev–Trinajstić information content (AvgIpc) is 2.88. The van der Waals surface area contributed by atoms with E-state index < -0.39 is 5.92 Å². The zero-order valence-electron chi connectivity index (χ0n) is 10.1. The maximum absolute atomic E-state index is 9.32. The number of nitriles is 1. The van der Waals surface area contributed by atoms with Crippen LogP contribution in [0.4, 0.5) is 0 Å². The molecule has 5 heteroatoms. The van der Waals surface area contributed by atoms with Crippen LogP contribution in [0.15, 0.2) is 24.5 Å². The molecule has 1 heterocycles. The fourth-order valence-electron chi connectivity index (χ4n) is 1.79. The molecule has 1 unspecified atom stereocenters. The van der Waals surface area contributed by atoms with Gasteiger partial charge in [0.25, 0.3) is 0 Å². The predicted molar refractivity (Wildman–Crippen MR) is 68.8 cm³/mol. The number of methoxy groups -OCH3 is 1. The minimum Gasteiger partial charge on any atom is -0.496 e. The van der Waals surface area contributed by atoms with Crippen LogP contribution in [0.1, 0.15) is 22.9 Å². The molecule has 2 rings (SSSR count). The Balaban J connectivity index is 2.56. The molecule has 0 spiro atoms. The molecule has 0 saturated carbocycles. The lowest BCUT2D eigenvalue weighted by molar-refractivity contribution is 0.409. The molecule has 0 aliphatic carbocycles. The third kappa shape index (κ3) is 2.18. The standard InChI is InChI=1S/C13H12ClN3O/c1-8-5-12(18-2)9(6-11(8)14)10(7-15)13-16-3-4-17-13/h3-6,10H,1-2H3,(H,16,17). The Morgan fingerprint density at radius 3 is 2.83 bits per heavy atom. The van der Waals surface area contributed by atoms with Crippen molar-refractivity contribution in [3.8, 4) is 11.8 Å². The second-order valence-electron chi connectivity index (χ2n) is 3.88. The lowest BCUT2D eigenvalue weighted by atomic mass is 9.97. The van der Waals surface area contributed by atoms with Gasteiger partial charge in [0.2, 0.25) is 0 Å². The highest BCUT2D eigenvalue weighted by atomic mass is 35.5. The third-order valence-electron chi connectivity index (χ3n) is 2.74. The Morgan fingerprint density at radius 2 is 2.28 bits per heavy atom. The van der Waals surface area contributed by atoms with Crippen LogP contribution in [0, 0.1) is 18.3 Å². The topological polar surface area (TPSA) is 61.7 Å². The molecule has 18 heavy (non-hydrogen) atoms. The molecule has 0 bridgehead atoms. The fourth-order valence-corrected chi connectivity index (χ4v) is 1.96. The maximum Gasteiger partial charge on any atom is 0.133 e. The number of hydrogen-bond donors (Lipinski definition) is 1. The van der Waals surface area contributed by atoms with E-state index >= 15 is 0 Å². The van der Waals surface area contributed by atoms with Crippen LogP contribution < -0.4 is 4.74 Å². The fraction of sp³-hybridized carbons (Fsp3) is 0.231. The number of aromatic amines is 1. The smallest absolute Gasteiger partial charge is 0.133 e. The highest BCUT2D eigenvalue weighted by molar-refractivity contribution is 6.31. The number of rotatable bonds is 3. The number of H-pyrrole nitrogens is 1. The van der Waals surface area contributed by atoms with Gasteiger partial charge in [0.05, 0.1) is 13.2 Å². The molecule has 1 N–H and O–H groups in total. The number of nitrogens with one attached hydrogen (secondary N) is 1. The Morgan fingerprint density at radius 1 is 1.50 bits per heavy atom. The first-order valence-corrected chi connectivity index (χ1v) is 5.78. The van der Waals surface area contributed by atoms with Crippen molar-refractivity contribution in [3.63, 3.8) is 0 Å². The van der Waals surface area contributed by atoms with E-state index in [-0.39, 0.29) is 0 Å². The highest BCUT2D eigenvalue weighted by Gasteiger charge is 2.21. The van der Waals surface area contributed by atoms with Gasteiger partial charge in [0.15, 0.2) is 0 Å². The summed E-state index contributed by atoms with van der Waals surface area (Å²) < 4.78 is 5.31. The van der Waals surface area contributed by atoms with Crippen molar-refractivity contribution in [1.29, 1.82) is 5.26 Å².